The van der Waals surface area contributed by atoms with Gasteiger partial charge in [0.25, 0.3) is 0 Å². The average Bonchev–Trinajstić information content (AvgIpc) is 2.89. The number of benzene rings is 1. The molecule has 104 valence electrons. The first-order chi connectivity index (χ1) is 10.2. The van der Waals surface area contributed by atoms with Crippen LogP contribution in [0.25, 0.3) is 17.1 Å². The fraction of sp³-hybridized carbons (Fsp3) is 0.111. The molecule has 0 fully saturated rings. The minimum atomic E-state index is 0.0565. The van der Waals surface area contributed by atoms with Crippen LogP contribution in [0, 0.1) is 0 Å². The molecule has 0 unspecified atom stereocenters. The molecule has 2 aromatic heterocycles. The number of allylic oxidation sites excluding steroid dienone is 1. The molecule has 0 atom stereocenters. The summed E-state index contributed by atoms with van der Waals surface area (Å²) in [7, 11) is 0. The molecule has 3 nitrogen and oxygen atoms in total. The fourth-order valence-electron chi connectivity index (χ4n) is 2.35. The van der Waals surface area contributed by atoms with Gasteiger partial charge in [0.1, 0.15) is 5.65 Å². The molecule has 3 aromatic rings. The van der Waals surface area contributed by atoms with E-state index in [1.165, 1.54) is 5.56 Å². The van der Waals surface area contributed by atoms with Gasteiger partial charge in [0, 0.05) is 24.3 Å². The maximum Gasteiger partial charge on any atom is 0.152 e. The van der Waals surface area contributed by atoms with Crippen LogP contribution in [-0.4, -0.2) is 15.3 Å². The Morgan fingerprint density at radius 2 is 2.14 bits per heavy atom. The topological polar surface area (TPSA) is 34.9 Å². The molecule has 0 saturated carbocycles. The minimum Gasteiger partial charge on any atom is -0.328 e. The second-order valence-electron chi connectivity index (χ2n) is 5.05. The van der Waals surface area contributed by atoms with E-state index in [4.69, 9.17) is 0 Å². The van der Waals surface area contributed by atoms with Gasteiger partial charge in [-0.1, -0.05) is 24.3 Å². The number of pyridine rings is 1. The molecule has 2 heterocycles. The first-order valence-corrected chi connectivity index (χ1v) is 6.90. The third-order valence-corrected chi connectivity index (χ3v) is 3.34. The number of fused-ring (bicyclic) bond motifs is 1. The van der Waals surface area contributed by atoms with Gasteiger partial charge in [0.15, 0.2) is 5.78 Å². The summed E-state index contributed by atoms with van der Waals surface area (Å²) in [5.41, 5.74) is 3.21. The Labute approximate surface area is 123 Å². The Bertz CT molecular complexity index is 815. The molecule has 1 aromatic carbocycles. The molecule has 0 amide bonds. The molecule has 21 heavy (non-hydrogen) atoms. The Balaban J connectivity index is 1.88. The van der Waals surface area contributed by atoms with Gasteiger partial charge < -0.3 is 4.57 Å². The van der Waals surface area contributed by atoms with Crippen molar-refractivity contribution in [3.8, 4) is 0 Å². The Morgan fingerprint density at radius 1 is 1.24 bits per heavy atom. The molecular formula is C18H16N2O. The van der Waals surface area contributed by atoms with Crippen molar-refractivity contribution < 1.29 is 4.79 Å². The smallest absolute Gasteiger partial charge is 0.152 e. The highest BCUT2D eigenvalue weighted by Crippen LogP contribution is 2.15. The van der Waals surface area contributed by atoms with Crippen molar-refractivity contribution in [2.45, 2.75) is 13.5 Å². The van der Waals surface area contributed by atoms with Gasteiger partial charge >= 0.3 is 0 Å². The van der Waals surface area contributed by atoms with Crippen LogP contribution in [0.4, 0.5) is 0 Å². The molecule has 0 aliphatic carbocycles. The first kappa shape index (κ1) is 13.3. The number of hydrogen-bond acceptors (Lipinski definition) is 2. The molecule has 3 heteroatoms. The third-order valence-electron chi connectivity index (χ3n) is 3.34. The SMILES string of the molecule is CC(=O)/C=C/c1cccc(Cn2ccc3cccnc32)c1. The van der Waals surface area contributed by atoms with Crippen molar-refractivity contribution in [3.63, 3.8) is 0 Å². The van der Waals surface area contributed by atoms with Crippen LogP contribution in [0.15, 0.2) is 60.9 Å². The summed E-state index contributed by atoms with van der Waals surface area (Å²) in [6.45, 7) is 2.32. The maximum atomic E-state index is 11.0. The van der Waals surface area contributed by atoms with Crippen LogP contribution >= 0.6 is 0 Å². The van der Waals surface area contributed by atoms with Gasteiger partial charge in [-0.3, -0.25) is 4.79 Å². The van der Waals surface area contributed by atoms with E-state index in [2.05, 4.69) is 40.0 Å². The van der Waals surface area contributed by atoms with Crippen LogP contribution < -0.4 is 0 Å². The van der Waals surface area contributed by atoms with Crippen LogP contribution in [0.1, 0.15) is 18.1 Å². The van der Waals surface area contributed by atoms with Gasteiger partial charge in [0.05, 0.1) is 0 Å². The summed E-state index contributed by atoms with van der Waals surface area (Å²) in [5, 5.41) is 1.14. The van der Waals surface area contributed by atoms with Crippen LogP contribution in [0.3, 0.4) is 0 Å². The third kappa shape index (κ3) is 3.08. The summed E-state index contributed by atoms with van der Waals surface area (Å²) in [4.78, 5) is 15.4. The molecule has 0 saturated heterocycles. The molecule has 0 spiro atoms. The van der Waals surface area contributed by atoms with Crippen molar-refractivity contribution in [1.82, 2.24) is 9.55 Å². The summed E-state index contributed by atoms with van der Waals surface area (Å²) >= 11 is 0. The highest BCUT2D eigenvalue weighted by molar-refractivity contribution is 5.91. The van der Waals surface area contributed by atoms with Crippen molar-refractivity contribution in [2.75, 3.05) is 0 Å². The number of rotatable bonds is 4. The largest absolute Gasteiger partial charge is 0.328 e. The fourth-order valence-corrected chi connectivity index (χ4v) is 2.35. The van der Waals surface area contributed by atoms with Crippen molar-refractivity contribution in [3.05, 3.63) is 72.1 Å². The summed E-state index contributed by atoms with van der Waals surface area (Å²) in [6, 6.07) is 14.3. The van der Waals surface area contributed by atoms with E-state index < -0.39 is 0 Å². The van der Waals surface area contributed by atoms with E-state index in [-0.39, 0.29) is 5.78 Å². The first-order valence-electron chi connectivity index (χ1n) is 6.90. The van der Waals surface area contributed by atoms with E-state index in [0.717, 1.165) is 23.1 Å². The highest BCUT2D eigenvalue weighted by atomic mass is 16.1. The van der Waals surface area contributed by atoms with E-state index in [1.807, 2.05) is 30.5 Å². The van der Waals surface area contributed by atoms with Gasteiger partial charge in [0.2, 0.25) is 0 Å². The molecule has 0 radical (unpaired) electrons. The highest BCUT2D eigenvalue weighted by Gasteiger charge is 2.02. The van der Waals surface area contributed by atoms with Gasteiger partial charge in [-0.25, -0.2) is 4.98 Å². The lowest BCUT2D eigenvalue weighted by Crippen LogP contribution is -1.99. The predicted molar refractivity (Wildman–Crippen MR) is 85.0 cm³/mol. The zero-order valence-corrected chi connectivity index (χ0v) is 11.9. The molecule has 0 aliphatic heterocycles. The second-order valence-corrected chi connectivity index (χ2v) is 5.05. The zero-order chi connectivity index (χ0) is 14.7. The lowest BCUT2D eigenvalue weighted by Gasteiger charge is -2.06. The van der Waals surface area contributed by atoms with Gasteiger partial charge in [-0.2, -0.15) is 0 Å². The number of aromatic nitrogens is 2. The molecular weight excluding hydrogens is 260 g/mol. The van der Waals surface area contributed by atoms with Crippen molar-refractivity contribution >= 4 is 22.9 Å². The van der Waals surface area contributed by atoms with Gasteiger partial charge in [-0.15, -0.1) is 0 Å². The minimum absolute atomic E-state index is 0.0565. The second kappa shape index (κ2) is 5.75. The number of ketones is 1. The number of carbonyl (C=O) groups is 1. The predicted octanol–water partition coefficient (Wildman–Crippen LogP) is 3.69. The standard InChI is InChI=1S/C18H16N2O/c1-14(21)7-8-15-4-2-5-16(12-15)13-20-11-9-17-6-3-10-19-18(17)20/h2-12H,13H2,1H3/b8-7+. The normalized spacial score (nSPS) is 11.3. The maximum absolute atomic E-state index is 11.0. The van der Waals surface area contributed by atoms with Crippen molar-refractivity contribution in [2.24, 2.45) is 0 Å². The van der Waals surface area contributed by atoms with E-state index in [9.17, 15) is 4.79 Å². The molecule has 0 aliphatic rings. The van der Waals surface area contributed by atoms with E-state index >= 15 is 0 Å². The number of carbonyl (C=O) groups excluding carboxylic acids is 1. The quantitative estimate of drug-likeness (QED) is 0.681. The lowest BCUT2D eigenvalue weighted by atomic mass is 10.1. The van der Waals surface area contributed by atoms with Crippen LogP contribution in [0.5, 0.6) is 0 Å². The zero-order valence-electron chi connectivity index (χ0n) is 11.9. The molecule has 3 rings (SSSR count). The number of hydrogen-bond donors (Lipinski definition) is 0. The van der Waals surface area contributed by atoms with E-state index in [1.54, 1.807) is 13.0 Å². The summed E-state index contributed by atoms with van der Waals surface area (Å²) < 4.78 is 2.13. The van der Waals surface area contributed by atoms with E-state index in [0.29, 0.717) is 0 Å². The average molecular weight is 276 g/mol. The summed E-state index contributed by atoms with van der Waals surface area (Å²) in [5.74, 6) is 0.0565. The number of nitrogens with zero attached hydrogens (tertiary/aromatic N) is 2. The van der Waals surface area contributed by atoms with Gasteiger partial charge in [-0.05, 0) is 48.4 Å². The Morgan fingerprint density at radius 3 is 3.00 bits per heavy atom. The molecule has 0 N–H and O–H groups in total. The Hall–Kier alpha value is -2.68. The summed E-state index contributed by atoms with van der Waals surface area (Å²) in [6.07, 6.45) is 7.30. The monoisotopic (exact) mass is 276 g/mol. The Kier molecular flexibility index (Phi) is 3.65. The van der Waals surface area contributed by atoms with Crippen LogP contribution in [0.2, 0.25) is 0 Å². The van der Waals surface area contributed by atoms with Crippen LogP contribution in [-0.2, 0) is 11.3 Å². The molecule has 0 bridgehead atoms. The lowest BCUT2D eigenvalue weighted by molar-refractivity contribution is -0.112. The van der Waals surface area contributed by atoms with Crippen molar-refractivity contribution in [1.29, 1.82) is 0 Å².